The van der Waals surface area contributed by atoms with Gasteiger partial charge in [0, 0.05) is 17.9 Å². The van der Waals surface area contributed by atoms with E-state index < -0.39 is 32.8 Å². The molecule has 1 atom stereocenters. The minimum Gasteiger partial charge on any atom is -0.478 e. The zero-order chi connectivity index (χ0) is 22.8. The molecule has 0 aliphatic heterocycles. The first kappa shape index (κ1) is 22.7. The van der Waals surface area contributed by atoms with Gasteiger partial charge in [0.2, 0.25) is 5.88 Å². The molecule has 3 rings (SSSR count). The van der Waals surface area contributed by atoms with Crippen LogP contribution in [0.15, 0.2) is 60.7 Å². The maximum absolute atomic E-state index is 14.0. The summed E-state index contributed by atoms with van der Waals surface area (Å²) in [6.45, 7) is 1.72. The maximum Gasteiger partial charge on any atom is 0.434 e. The fraction of sp³-hybridized carbons (Fsp3) is 0.227. The van der Waals surface area contributed by atoms with Crippen LogP contribution in [-0.2, 0) is 16.0 Å². The van der Waals surface area contributed by atoms with Crippen molar-refractivity contribution >= 4 is 15.4 Å². The highest BCUT2D eigenvalue weighted by Crippen LogP contribution is 2.42. The molecular weight excluding hydrogens is 434 g/mol. The van der Waals surface area contributed by atoms with Gasteiger partial charge >= 0.3 is 6.18 Å². The molecule has 0 saturated carbocycles. The van der Waals surface area contributed by atoms with Crippen LogP contribution in [0, 0.1) is 5.82 Å². The van der Waals surface area contributed by atoms with E-state index in [1.54, 1.807) is 6.92 Å². The molecule has 0 radical (unpaired) electrons. The molecule has 0 bridgehead atoms. The lowest BCUT2D eigenvalue weighted by Gasteiger charge is -2.19. The summed E-state index contributed by atoms with van der Waals surface area (Å²) in [5, 5.41) is -0.911. The number of pyridine rings is 1. The highest BCUT2D eigenvalue weighted by molar-refractivity contribution is 7.91. The number of allylic oxidation sites excluding steroid dienone is 4. The monoisotopic (exact) mass is 453 g/mol. The third-order valence-corrected chi connectivity index (χ3v) is 5.84. The minimum atomic E-state index is -4.81. The smallest absolute Gasteiger partial charge is 0.434 e. The minimum absolute atomic E-state index is 0.102. The average molecular weight is 453 g/mol. The number of ether oxygens (including phenoxy) is 1. The molecule has 4 nitrogen and oxygen atoms in total. The van der Waals surface area contributed by atoms with Crippen molar-refractivity contribution in [1.82, 2.24) is 4.98 Å². The van der Waals surface area contributed by atoms with E-state index in [1.165, 1.54) is 48.6 Å². The maximum atomic E-state index is 14.0. The van der Waals surface area contributed by atoms with Crippen LogP contribution in [0.3, 0.4) is 0 Å². The summed E-state index contributed by atoms with van der Waals surface area (Å²) in [6.07, 6.45) is 3.53. The second-order valence-corrected chi connectivity index (χ2v) is 9.03. The van der Waals surface area contributed by atoms with E-state index >= 15 is 0 Å². The van der Waals surface area contributed by atoms with Gasteiger partial charge in [-0.1, -0.05) is 42.5 Å². The predicted octanol–water partition coefficient (Wildman–Crippen LogP) is 5.23. The van der Waals surface area contributed by atoms with Crippen molar-refractivity contribution in [2.24, 2.45) is 0 Å². The van der Waals surface area contributed by atoms with Crippen molar-refractivity contribution in [2.45, 2.75) is 18.3 Å². The summed E-state index contributed by atoms with van der Waals surface area (Å²) < 4.78 is 84.3. The van der Waals surface area contributed by atoms with E-state index in [0.717, 1.165) is 18.4 Å². The van der Waals surface area contributed by atoms with E-state index in [9.17, 15) is 26.0 Å². The lowest BCUT2D eigenvalue weighted by atomic mass is 9.92. The van der Waals surface area contributed by atoms with Crippen LogP contribution in [-0.4, -0.2) is 31.5 Å². The van der Waals surface area contributed by atoms with E-state index in [2.05, 4.69) is 4.98 Å². The van der Waals surface area contributed by atoms with E-state index in [4.69, 9.17) is 4.74 Å². The Morgan fingerprint density at radius 1 is 1.13 bits per heavy atom. The summed E-state index contributed by atoms with van der Waals surface area (Å²) in [5.74, 6) is -0.817. The van der Waals surface area contributed by atoms with Gasteiger partial charge in [0.1, 0.15) is 5.82 Å². The second kappa shape index (κ2) is 8.66. The van der Waals surface area contributed by atoms with Crippen LogP contribution in [0.2, 0.25) is 0 Å². The van der Waals surface area contributed by atoms with E-state index in [0.29, 0.717) is 5.57 Å². The standard InChI is InChI=1S/C22H19F4NO3S/c1-3-30-19-13-18(14-5-4-6-17(12-9-14)31(2,28)29)20(21(27-19)22(24,25)26)15-7-10-16(23)11-8-15/h4-13,17H,3H2,1-2H3. The molecule has 0 N–H and O–H groups in total. The van der Waals surface area contributed by atoms with Gasteiger partial charge in [-0.05, 0) is 35.8 Å². The number of rotatable bonds is 5. The highest BCUT2D eigenvalue weighted by atomic mass is 32.2. The van der Waals surface area contributed by atoms with Gasteiger partial charge in [0.25, 0.3) is 0 Å². The van der Waals surface area contributed by atoms with Crippen LogP contribution in [0.4, 0.5) is 17.6 Å². The van der Waals surface area contributed by atoms with Crippen molar-refractivity contribution in [3.63, 3.8) is 0 Å². The Balaban J connectivity index is 2.30. The molecule has 0 saturated heterocycles. The number of halogens is 4. The second-order valence-electron chi connectivity index (χ2n) is 6.83. The molecule has 0 spiro atoms. The molecule has 1 aliphatic rings. The molecule has 1 heterocycles. The van der Waals surface area contributed by atoms with Crippen molar-refractivity contribution in [2.75, 3.05) is 12.9 Å². The summed E-state index contributed by atoms with van der Waals surface area (Å²) in [7, 11) is -3.44. The van der Waals surface area contributed by atoms with Crippen LogP contribution in [0.5, 0.6) is 5.88 Å². The Morgan fingerprint density at radius 3 is 2.39 bits per heavy atom. The van der Waals surface area contributed by atoms with Crippen LogP contribution >= 0.6 is 0 Å². The Morgan fingerprint density at radius 2 is 1.81 bits per heavy atom. The van der Waals surface area contributed by atoms with Gasteiger partial charge in [-0.3, -0.25) is 0 Å². The van der Waals surface area contributed by atoms with E-state index in [1.807, 2.05) is 0 Å². The Bertz CT molecular complexity index is 1160. The fourth-order valence-electron chi connectivity index (χ4n) is 3.14. The molecule has 0 fully saturated rings. The average Bonchev–Trinajstić information content (AvgIpc) is 2.94. The Labute approximate surface area is 177 Å². The van der Waals surface area contributed by atoms with Crippen molar-refractivity contribution in [1.29, 1.82) is 0 Å². The molecule has 31 heavy (non-hydrogen) atoms. The van der Waals surface area contributed by atoms with Crippen LogP contribution in [0.1, 0.15) is 18.2 Å². The molecule has 1 aliphatic carbocycles. The number of hydrogen-bond acceptors (Lipinski definition) is 4. The first-order valence-corrected chi connectivity index (χ1v) is 11.2. The summed E-state index contributed by atoms with van der Waals surface area (Å²) in [4.78, 5) is 3.66. The van der Waals surface area contributed by atoms with Crippen molar-refractivity contribution in [3.05, 3.63) is 77.8 Å². The van der Waals surface area contributed by atoms with Gasteiger partial charge in [-0.25, -0.2) is 17.8 Å². The highest BCUT2D eigenvalue weighted by Gasteiger charge is 2.38. The number of sulfone groups is 1. The summed E-state index contributed by atoms with van der Waals surface area (Å²) >= 11 is 0. The third-order valence-electron chi connectivity index (χ3n) is 4.54. The van der Waals surface area contributed by atoms with Gasteiger partial charge in [0.15, 0.2) is 15.5 Å². The number of aromatic nitrogens is 1. The lowest BCUT2D eigenvalue weighted by Crippen LogP contribution is -2.14. The lowest BCUT2D eigenvalue weighted by molar-refractivity contribution is -0.140. The SMILES string of the molecule is CCOc1cc(C2=CC=CC(S(C)(=O)=O)C=C2)c(-c2ccc(F)cc2)c(C(F)(F)F)n1. The largest absolute Gasteiger partial charge is 0.478 e. The quantitative estimate of drug-likeness (QED) is 0.582. The number of alkyl halides is 3. The van der Waals surface area contributed by atoms with Gasteiger partial charge in [-0.15, -0.1) is 0 Å². The summed E-state index contributed by atoms with van der Waals surface area (Å²) in [6, 6.07) is 5.96. The topological polar surface area (TPSA) is 56.3 Å². The van der Waals surface area contributed by atoms with Gasteiger partial charge in [0.05, 0.1) is 11.9 Å². The van der Waals surface area contributed by atoms with Gasteiger partial charge in [-0.2, -0.15) is 13.2 Å². The number of nitrogens with zero attached hydrogens (tertiary/aromatic N) is 1. The number of hydrogen-bond donors (Lipinski definition) is 0. The summed E-state index contributed by atoms with van der Waals surface area (Å²) in [5.41, 5.74) is -0.857. The normalized spacial score (nSPS) is 16.7. The fourth-order valence-corrected chi connectivity index (χ4v) is 3.88. The van der Waals surface area contributed by atoms with Crippen molar-refractivity contribution < 1.29 is 30.7 Å². The molecule has 1 unspecified atom stereocenters. The van der Waals surface area contributed by atoms with Gasteiger partial charge < -0.3 is 4.74 Å². The first-order valence-electron chi connectivity index (χ1n) is 9.27. The zero-order valence-corrected chi connectivity index (χ0v) is 17.5. The van der Waals surface area contributed by atoms with Crippen LogP contribution < -0.4 is 4.74 Å². The zero-order valence-electron chi connectivity index (χ0n) is 16.7. The Hall–Kier alpha value is -2.94. The molecule has 1 aromatic heterocycles. The van der Waals surface area contributed by atoms with Crippen LogP contribution in [0.25, 0.3) is 16.7 Å². The molecule has 164 valence electrons. The molecule has 2 aromatic rings. The molecule has 9 heteroatoms. The molecule has 0 amide bonds. The predicted molar refractivity (Wildman–Crippen MR) is 111 cm³/mol. The van der Waals surface area contributed by atoms with E-state index in [-0.39, 0.29) is 29.2 Å². The third kappa shape index (κ3) is 5.22. The Kier molecular flexibility index (Phi) is 6.35. The molecular formula is C22H19F4NO3S. The first-order chi connectivity index (χ1) is 14.5. The molecule has 1 aromatic carbocycles. The number of benzene rings is 1. The van der Waals surface area contributed by atoms with Crippen molar-refractivity contribution in [3.8, 4) is 17.0 Å².